The Morgan fingerprint density at radius 1 is 1.04 bits per heavy atom. The van der Waals surface area contributed by atoms with E-state index in [0.717, 1.165) is 25.9 Å². The molecule has 5 heteroatoms. The van der Waals surface area contributed by atoms with Crippen LogP contribution in [0.1, 0.15) is 18.3 Å². The molecule has 4 aromatic rings. The van der Waals surface area contributed by atoms with Gasteiger partial charge < -0.3 is 5.41 Å². The third kappa shape index (κ3) is 3.26. The van der Waals surface area contributed by atoms with Gasteiger partial charge in [0.2, 0.25) is 0 Å². The van der Waals surface area contributed by atoms with Gasteiger partial charge in [-0.1, -0.05) is 30.3 Å². The number of nitrogens with zero attached hydrogens (tertiary/aromatic N) is 2. The summed E-state index contributed by atoms with van der Waals surface area (Å²) in [5.74, 6) is 0.653. The molecule has 0 aliphatic carbocycles. The molecule has 138 valence electrons. The molecular weight excluding hydrogens is 461 g/mol. The van der Waals surface area contributed by atoms with Gasteiger partial charge in [0.1, 0.15) is 5.82 Å². The predicted octanol–water partition coefficient (Wildman–Crippen LogP) is 5.35. The Morgan fingerprint density at radius 3 is 2.46 bits per heavy atom. The topological polar surface area (TPSA) is 58.7 Å². The van der Waals surface area contributed by atoms with E-state index in [4.69, 9.17) is 10.4 Å². The highest BCUT2D eigenvalue weighted by molar-refractivity contribution is 14.1. The average molecular weight is 479 g/mol. The SMILES string of the molecule is CC(=N)c1cccc(-c2cccc3nc(C)n(-c4ccc(I)cc4)c(=O)c23)c1. The van der Waals surface area contributed by atoms with Crippen molar-refractivity contribution in [3.8, 4) is 16.8 Å². The van der Waals surface area contributed by atoms with Crippen LogP contribution in [0.25, 0.3) is 27.7 Å². The summed E-state index contributed by atoms with van der Waals surface area (Å²) in [5.41, 5.74) is 4.47. The predicted molar refractivity (Wildman–Crippen MR) is 123 cm³/mol. The first-order valence-electron chi connectivity index (χ1n) is 8.90. The van der Waals surface area contributed by atoms with Crippen molar-refractivity contribution in [2.45, 2.75) is 13.8 Å². The van der Waals surface area contributed by atoms with E-state index in [0.29, 0.717) is 22.4 Å². The van der Waals surface area contributed by atoms with Crippen LogP contribution < -0.4 is 5.56 Å². The lowest BCUT2D eigenvalue weighted by atomic mass is 9.98. The highest BCUT2D eigenvalue weighted by Crippen LogP contribution is 2.27. The Kier molecular flexibility index (Phi) is 4.85. The maximum absolute atomic E-state index is 13.5. The molecule has 4 rings (SSSR count). The minimum Gasteiger partial charge on any atom is -0.305 e. The molecule has 28 heavy (non-hydrogen) atoms. The standard InChI is InChI=1S/C23H18IN3O/c1-14(25)16-5-3-6-17(13-16)20-7-4-8-21-22(20)23(28)27(15(2)26-21)19-11-9-18(24)10-12-19/h3-13,25H,1-2H3. The van der Waals surface area contributed by atoms with Crippen molar-refractivity contribution < 1.29 is 0 Å². The molecule has 1 N–H and O–H groups in total. The fraction of sp³-hybridized carbons (Fsp3) is 0.0870. The normalized spacial score (nSPS) is 11.0. The van der Waals surface area contributed by atoms with Crippen molar-refractivity contribution >= 4 is 39.2 Å². The van der Waals surface area contributed by atoms with Gasteiger partial charge in [0, 0.05) is 9.28 Å². The molecule has 0 saturated carbocycles. The number of halogens is 1. The number of benzene rings is 3. The van der Waals surface area contributed by atoms with E-state index in [1.54, 1.807) is 11.5 Å². The van der Waals surface area contributed by atoms with Gasteiger partial charge in [-0.25, -0.2) is 4.98 Å². The highest BCUT2D eigenvalue weighted by atomic mass is 127. The second-order valence-corrected chi connectivity index (χ2v) is 7.93. The summed E-state index contributed by atoms with van der Waals surface area (Å²) in [6.07, 6.45) is 0. The van der Waals surface area contributed by atoms with Gasteiger partial charge in [0.15, 0.2) is 0 Å². The van der Waals surface area contributed by atoms with Crippen LogP contribution in [0.3, 0.4) is 0 Å². The molecule has 0 unspecified atom stereocenters. The smallest absolute Gasteiger partial charge is 0.266 e. The minimum absolute atomic E-state index is 0.0868. The van der Waals surface area contributed by atoms with Gasteiger partial charge >= 0.3 is 0 Å². The molecule has 0 amide bonds. The van der Waals surface area contributed by atoms with E-state index in [-0.39, 0.29) is 5.56 Å². The van der Waals surface area contributed by atoms with Gasteiger partial charge in [0.25, 0.3) is 5.56 Å². The van der Waals surface area contributed by atoms with Gasteiger partial charge in [-0.2, -0.15) is 0 Å². The summed E-state index contributed by atoms with van der Waals surface area (Å²) in [5, 5.41) is 8.50. The molecule has 0 bridgehead atoms. The Labute approximate surface area is 176 Å². The fourth-order valence-corrected chi connectivity index (χ4v) is 3.76. The monoisotopic (exact) mass is 479 g/mol. The van der Waals surface area contributed by atoms with Gasteiger partial charge in [-0.05, 0) is 89.5 Å². The van der Waals surface area contributed by atoms with Crippen LogP contribution in [0.15, 0.2) is 71.5 Å². The summed E-state index contributed by atoms with van der Waals surface area (Å²) < 4.78 is 2.77. The van der Waals surface area contributed by atoms with E-state index in [2.05, 4.69) is 22.6 Å². The largest absolute Gasteiger partial charge is 0.305 e. The summed E-state index contributed by atoms with van der Waals surface area (Å²) in [6, 6.07) is 21.3. The molecule has 0 atom stereocenters. The zero-order chi connectivity index (χ0) is 19.8. The number of hydrogen-bond acceptors (Lipinski definition) is 3. The number of aromatic nitrogens is 2. The summed E-state index contributed by atoms with van der Waals surface area (Å²) in [6.45, 7) is 3.61. The number of aryl methyl sites for hydroxylation is 1. The summed E-state index contributed by atoms with van der Waals surface area (Å²) in [7, 11) is 0. The molecule has 0 aliphatic rings. The Balaban J connectivity index is 2.03. The van der Waals surface area contributed by atoms with Gasteiger partial charge in [-0.3, -0.25) is 9.36 Å². The zero-order valence-corrected chi connectivity index (χ0v) is 17.7. The first-order chi connectivity index (χ1) is 13.5. The number of fused-ring (bicyclic) bond motifs is 1. The Hall–Kier alpha value is -2.80. The highest BCUT2D eigenvalue weighted by Gasteiger charge is 2.14. The molecule has 0 aliphatic heterocycles. The van der Waals surface area contributed by atoms with E-state index < -0.39 is 0 Å². The van der Waals surface area contributed by atoms with E-state index in [9.17, 15) is 4.79 Å². The molecule has 0 saturated heterocycles. The Morgan fingerprint density at radius 2 is 1.75 bits per heavy atom. The first-order valence-corrected chi connectivity index (χ1v) is 9.98. The van der Waals surface area contributed by atoms with Crippen molar-refractivity contribution in [2.75, 3.05) is 0 Å². The molecule has 3 aromatic carbocycles. The van der Waals surface area contributed by atoms with Crippen molar-refractivity contribution in [1.29, 1.82) is 5.41 Å². The third-order valence-electron chi connectivity index (χ3n) is 4.76. The van der Waals surface area contributed by atoms with Gasteiger partial charge in [0.05, 0.1) is 16.6 Å². The van der Waals surface area contributed by atoms with Crippen LogP contribution in [0.2, 0.25) is 0 Å². The molecule has 0 spiro atoms. The second kappa shape index (κ2) is 7.31. The van der Waals surface area contributed by atoms with Crippen LogP contribution in [0.5, 0.6) is 0 Å². The lowest BCUT2D eigenvalue weighted by Crippen LogP contribution is -2.22. The van der Waals surface area contributed by atoms with Crippen LogP contribution in [-0.2, 0) is 0 Å². The van der Waals surface area contributed by atoms with Crippen LogP contribution >= 0.6 is 22.6 Å². The van der Waals surface area contributed by atoms with Crippen molar-refractivity contribution in [1.82, 2.24) is 9.55 Å². The third-order valence-corrected chi connectivity index (χ3v) is 5.48. The Bertz CT molecular complexity index is 1270. The van der Waals surface area contributed by atoms with Gasteiger partial charge in [-0.15, -0.1) is 0 Å². The van der Waals surface area contributed by atoms with Crippen LogP contribution in [0, 0.1) is 15.9 Å². The van der Waals surface area contributed by atoms with E-state index in [1.807, 2.05) is 73.7 Å². The summed E-state index contributed by atoms with van der Waals surface area (Å²) in [4.78, 5) is 18.2. The zero-order valence-electron chi connectivity index (χ0n) is 15.5. The number of hydrogen-bond donors (Lipinski definition) is 1. The molecular formula is C23H18IN3O. The molecule has 0 fully saturated rings. The van der Waals surface area contributed by atoms with E-state index in [1.165, 1.54) is 0 Å². The summed E-state index contributed by atoms with van der Waals surface area (Å²) >= 11 is 2.25. The van der Waals surface area contributed by atoms with Crippen molar-refractivity contribution in [3.05, 3.63) is 92.0 Å². The van der Waals surface area contributed by atoms with Crippen molar-refractivity contribution in [3.63, 3.8) is 0 Å². The average Bonchev–Trinajstić information content (AvgIpc) is 2.69. The number of rotatable bonds is 3. The first kappa shape index (κ1) is 18.6. The maximum atomic E-state index is 13.5. The van der Waals surface area contributed by atoms with Crippen LogP contribution in [-0.4, -0.2) is 15.3 Å². The lowest BCUT2D eigenvalue weighted by molar-refractivity contribution is 0.895. The van der Waals surface area contributed by atoms with E-state index >= 15 is 0 Å². The fourth-order valence-electron chi connectivity index (χ4n) is 3.40. The number of nitrogens with one attached hydrogen (secondary N) is 1. The molecule has 0 radical (unpaired) electrons. The second-order valence-electron chi connectivity index (χ2n) is 6.68. The minimum atomic E-state index is -0.0868. The molecule has 1 heterocycles. The van der Waals surface area contributed by atoms with Crippen LogP contribution in [0.4, 0.5) is 0 Å². The molecule has 1 aromatic heterocycles. The quantitative estimate of drug-likeness (QED) is 0.318. The van der Waals surface area contributed by atoms with Crippen molar-refractivity contribution in [2.24, 2.45) is 0 Å². The maximum Gasteiger partial charge on any atom is 0.266 e. The lowest BCUT2D eigenvalue weighted by Gasteiger charge is -2.13. The molecule has 4 nitrogen and oxygen atoms in total.